The third-order valence-electron chi connectivity index (χ3n) is 3.45. The molecule has 1 saturated heterocycles. The van der Waals surface area contributed by atoms with Crippen LogP contribution in [0.15, 0.2) is 12.1 Å². The SMILES string of the molecule is CCOc1ccc(B2OC(C)(C)C(C)(C)O2)nn1. The highest BCUT2D eigenvalue weighted by molar-refractivity contribution is 6.61. The zero-order valence-electron chi connectivity index (χ0n) is 11.6. The van der Waals surface area contributed by atoms with Crippen molar-refractivity contribution in [3.05, 3.63) is 12.1 Å². The minimum Gasteiger partial charge on any atom is -0.477 e. The maximum absolute atomic E-state index is 5.88. The van der Waals surface area contributed by atoms with Gasteiger partial charge < -0.3 is 14.0 Å². The van der Waals surface area contributed by atoms with Crippen molar-refractivity contribution >= 4 is 12.7 Å². The molecule has 0 N–H and O–H groups in total. The predicted octanol–water partition coefficient (Wildman–Crippen LogP) is 1.17. The zero-order chi connectivity index (χ0) is 13.4. The minimum absolute atomic E-state index is 0.363. The van der Waals surface area contributed by atoms with Crippen LogP contribution < -0.4 is 10.3 Å². The summed E-state index contributed by atoms with van der Waals surface area (Å²) in [5.41, 5.74) is -0.0623. The molecule has 0 spiro atoms. The molecule has 1 aromatic heterocycles. The van der Waals surface area contributed by atoms with Gasteiger partial charge in [-0.15, -0.1) is 5.10 Å². The van der Waals surface area contributed by atoms with Gasteiger partial charge in [0, 0.05) is 6.07 Å². The van der Waals surface area contributed by atoms with Crippen LogP contribution in [-0.2, 0) is 9.31 Å². The molecule has 1 aliphatic rings. The Balaban J connectivity index is 2.14. The molecule has 0 aromatic carbocycles. The number of rotatable bonds is 3. The van der Waals surface area contributed by atoms with Gasteiger partial charge in [0.1, 0.15) is 0 Å². The first kappa shape index (κ1) is 13.3. The van der Waals surface area contributed by atoms with Crippen LogP contribution in [0.4, 0.5) is 0 Å². The fourth-order valence-electron chi connectivity index (χ4n) is 1.64. The summed E-state index contributed by atoms with van der Waals surface area (Å²) in [7, 11) is -0.474. The average molecular weight is 250 g/mol. The van der Waals surface area contributed by atoms with E-state index in [1.807, 2.05) is 40.7 Å². The van der Waals surface area contributed by atoms with Gasteiger partial charge in [-0.2, -0.15) is 5.10 Å². The van der Waals surface area contributed by atoms with Crippen LogP contribution in [0.25, 0.3) is 0 Å². The normalized spacial score (nSPS) is 21.1. The predicted molar refractivity (Wildman–Crippen MR) is 68.9 cm³/mol. The molecule has 0 bridgehead atoms. The third kappa shape index (κ3) is 2.35. The summed E-state index contributed by atoms with van der Waals surface area (Å²) in [5.74, 6) is 0.512. The van der Waals surface area contributed by atoms with Crippen molar-refractivity contribution in [3.8, 4) is 5.88 Å². The molecule has 0 atom stereocenters. The smallest absolute Gasteiger partial charge is 0.477 e. The molecule has 1 aliphatic heterocycles. The van der Waals surface area contributed by atoms with Crippen LogP contribution >= 0.6 is 0 Å². The first-order chi connectivity index (χ1) is 8.36. The lowest BCUT2D eigenvalue weighted by Crippen LogP contribution is -2.41. The van der Waals surface area contributed by atoms with E-state index >= 15 is 0 Å². The topological polar surface area (TPSA) is 53.5 Å². The molecule has 18 heavy (non-hydrogen) atoms. The van der Waals surface area contributed by atoms with E-state index < -0.39 is 7.12 Å². The fourth-order valence-corrected chi connectivity index (χ4v) is 1.64. The van der Waals surface area contributed by atoms with E-state index in [1.54, 1.807) is 6.07 Å². The largest absolute Gasteiger partial charge is 0.516 e. The van der Waals surface area contributed by atoms with Crippen LogP contribution in [0.2, 0.25) is 0 Å². The molecule has 98 valence electrons. The van der Waals surface area contributed by atoms with Crippen molar-refractivity contribution in [2.45, 2.75) is 45.8 Å². The Morgan fingerprint density at radius 2 is 1.72 bits per heavy atom. The molecule has 1 fully saturated rings. The van der Waals surface area contributed by atoms with Crippen molar-refractivity contribution in [3.63, 3.8) is 0 Å². The lowest BCUT2D eigenvalue weighted by Gasteiger charge is -2.32. The number of hydrogen-bond acceptors (Lipinski definition) is 5. The molecular weight excluding hydrogens is 231 g/mol. The lowest BCUT2D eigenvalue weighted by atomic mass is 9.85. The van der Waals surface area contributed by atoms with Gasteiger partial charge >= 0.3 is 7.12 Å². The van der Waals surface area contributed by atoms with Crippen molar-refractivity contribution in [2.24, 2.45) is 0 Å². The zero-order valence-corrected chi connectivity index (χ0v) is 11.6. The highest BCUT2D eigenvalue weighted by Gasteiger charge is 2.52. The summed E-state index contributed by atoms with van der Waals surface area (Å²) in [4.78, 5) is 0. The van der Waals surface area contributed by atoms with Crippen LogP contribution in [-0.4, -0.2) is 35.1 Å². The second-order valence-electron chi connectivity index (χ2n) is 5.32. The lowest BCUT2D eigenvalue weighted by molar-refractivity contribution is 0.00578. The summed E-state index contributed by atoms with van der Waals surface area (Å²) in [6, 6.07) is 3.59. The molecule has 0 amide bonds. The summed E-state index contributed by atoms with van der Waals surface area (Å²) < 4.78 is 17.0. The maximum atomic E-state index is 5.88. The van der Waals surface area contributed by atoms with Gasteiger partial charge in [0.2, 0.25) is 5.88 Å². The number of aromatic nitrogens is 2. The van der Waals surface area contributed by atoms with Gasteiger partial charge in [-0.05, 0) is 40.7 Å². The van der Waals surface area contributed by atoms with Crippen molar-refractivity contribution in [1.29, 1.82) is 0 Å². The van der Waals surface area contributed by atoms with Gasteiger partial charge in [-0.25, -0.2) is 0 Å². The summed E-state index contributed by atoms with van der Waals surface area (Å²) in [6.45, 7) is 10.5. The Bertz CT molecular complexity index is 404. The van der Waals surface area contributed by atoms with Gasteiger partial charge in [-0.3, -0.25) is 0 Å². The average Bonchev–Trinajstić information content (AvgIpc) is 2.50. The molecule has 2 heterocycles. The molecule has 2 rings (SSSR count). The number of hydrogen-bond donors (Lipinski definition) is 0. The van der Waals surface area contributed by atoms with Crippen molar-refractivity contribution in [1.82, 2.24) is 10.2 Å². The van der Waals surface area contributed by atoms with Crippen LogP contribution in [0.5, 0.6) is 5.88 Å². The highest BCUT2D eigenvalue weighted by Crippen LogP contribution is 2.36. The Hall–Kier alpha value is -1.14. The summed E-state index contributed by atoms with van der Waals surface area (Å²) in [5, 5.41) is 8.06. The Labute approximate surface area is 108 Å². The van der Waals surface area contributed by atoms with Gasteiger partial charge in [-0.1, -0.05) is 0 Å². The first-order valence-corrected chi connectivity index (χ1v) is 6.18. The fraction of sp³-hybridized carbons (Fsp3) is 0.667. The van der Waals surface area contributed by atoms with E-state index in [-0.39, 0.29) is 11.2 Å². The minimum atomic E-state index is -0.474. The monoisotopic (exact) mass is 250 g/mol. The van der Waals surface area contributed by atoms with Crippen LogP contribution in [0.3, 0.4) is 0 Å². The van der Waals surface area contributed by atoms with E-state index in [9.17, 15) is 0 Å². The Kier molecular flexibility index (Phi) is 3.34. The molecule has 0 unspecified atom stereocenters. The van der Waals surface area contributed by atoms with Gasteiger partial charge in [0.05, 0.1) is 23.4 Å². The van der Waals surface area contributed by atoms with Crippen LogP contribution in [0, 0.1) is 0 Å². The van der Waals surface area contributed by atoms with Crippen LogP contribution in [0.1, 0.15) is 34.6 Å². The Morgan fingerprint density at radius 3 is 2.17 bits per heavy atom. The molecule has 1 aromatic rings. The van der Waals surface area contributed by atoms with Crippen molar-refractivity contribution in [2.75, 3.05) is 6.61 Å². The Morgan fingerprint density at radius 1 is 1.11 bits per heavy atom. The van der Waals surface area contributed by atoms with Gasteiger partial charge in [0.25, 0.3) is 0 Å². The summed E-state index contributed by atoms with van der Waals surface area (Å²) >= 11 is 0. The maximum Gasteiger partial charge on any atom is 0.516 e. The van der Waals surface area contributed by atoms with E-state index in [4.69, 9.17) is 14.0 Å². The standard InChI is InChI=1S/C12H19BN2O3/c1-6-16-10-8-7-9(14-15-10)13-17-11(2,3)12(4,5)18-13/h7-8H,6H2,1-5H3. The van der Waals surface area contributed by atoms with E-state index in [1.165, 1.54) is 0 Å². The highest BCUT2D eigenvalue weighted by atomic mass is 16.7. The van der Waals surface area contributed by atoms with Gasteiger partial charge in [0.15, 0.2) is 0 Å². The number of ether oxygens (including phenoxy) is 1. The quantitative estimate of drug-likeness (QED) is 0.754. The first-order valence-electron chi connectivity index (χ1n) is 6.18. The van der Waals surface area contributed by atoms with Crippen molar-refractivity contribution < 1.29 is 14.0 Å². The molecule has 0 aliphatic carbocycles. The van der Waals surface area contributed by atoms with E-state index in [0.717, 1.165) is 0 Å². The molecule has 6 heteroatoms. The summed E-state index contributed by atoms with van der Waals surface area (Å²) in [6.07, 6.45) is 0. The molecule has 0 saturated carbocycles. The second kappa shape index (κ2) is 4.51. The molecular formula is C12H19BN2O3. The number of nitrogens with zero attached hydrogens (tertiary/aromatic N) is 2. The third-order valence-corrected chi connectivity index (χ3v) is 3.45. The molecule has 5 nitrogen and oxygen atoms in total. The van der Waals surface area contributed by atoms with E-state index in [2.05, 4.69) is 10.2 Å². The molecule has 0 radical (unpaired) electrons. The second-order valence-corrected chi connectivity index (χ2v) is 5.32. The van der Waals surface area contributed by atoms with E-state index in [0.29, 0.717) is 18.1 Å².